The summed E-state index contributed by atoms with van der Waals surface area (Å²) in [5.74, 6) is -0.408. The van der Waals surface area contributed by atoms with E-state index in [0.717, 1.165) is 5.56 Å². The quantitative estimate of drug-likeness (QED) is 0.858. The van der Waals surface area contributed by atoms with Gasteiger partial charge in [-0.25, -0.2) is 23.5 Å². The van der Waals surface area contributed by atoms with Crippen molar-refractivity contribution in [3.63, 3.8) is 0 Å². The van der Waals surface area contributed by atoms with Gasteiger partial charge in [-0.2, -0.15) is 0 Å². The Morgan fingerprint density at radius 1 is 1.19 bits per heavy atom. The Morgan fingerprint density at radius 3 is 2.38 bits per heavy atom. The summed E-state index contributed by atoms with van der Waals surface area (Å²) in [5, 5.41) is 7.82. The lowest BCUT2D eigenvalue weighted by atomic mass is 10.2. The fourth-order valence-corrected chi connectivity index (χ4v) is 2.11. The zero-order valence-corrected chi connectivity index (χ0v) is 12.2. The maximum atomic E-state index is 11.8. The van der Waals surface area contributed by atoms with Crippen LogP contribution in [0.1, 0.15) is 16.1 Å². The van der Waals surface area contributed by atoms with Gasteiger partial charge in [-0.05, 0) is 17.7 Å². The van der Waals surface area contributed by atoms with E-state index in [1.54, 1.807) is 12.1 Å². The normalized spacial score (nSPS) is 11.1. The highest BCUT2D eigenvalue weighted by Gasteiger charge is 2.09. The van der Waals surface area contributed by atoms with Gasteiger partial charge in [-0.15, -0.1) is 0 Å². The van der Waals surface area contributed by atoms with E-state index in [2.05, 4.69) is 15.3 Å². The third-order valence-corrected chi connectivity index (χ3v) is 3.68. The minimum Gasteiger partial charge on any atom is -0.347 e. The summed E-state index contributed by atoms with van der Waals surface area (Å²) in [4.78, 5) is 19.4. The molecule has 0 saturated carbocycles. The number of carbonyl (C=O) groups is 1. The van der Waals surface area contributed by atoms with Crippen molar-refractivity contribution in [1.82, 2.24) is 15.3 Å². The second kappa shape index (κ2) is 6.17. The van der Waals surface area contributed by atoms with Gasteiger partial charge >= 0.3 is 0 Å². The van der Waals surface area contributed by atoms with Gasteiger partial charge in [-0.3, -0.25) is 4.79 Å². The van der Waals surface area contributed by atoms with Gasteiger partial charge in [-0.1, -0.05) is 23.7 Å². The van der Waals surface area contributed by atoms with Gasteiger partial charge in [0.15, 0.2) is 0 Å². The first-order valence-electron chi connectivity index (χ1n) is 5.74. The Morgan fingerprint density at radius 2 is 1.86 bits per heavy atom. The van der Waals surface area contributed by atoms with Crippen molar-refractivity contribution in [1.29, 1.82) is 0 Å². The molecule has 1 aromatic heterocycles. The number of halogens is 1. The molecule has 0 aliphatic rings. The molecule has 21 heavy (non-hydrogen) atoms. The van der Waals surface area contributed by atoms with E-state index in [1.807, 2.05) is 0 Å². The molecule has 1 amide bonds. The van der Waals surface area contributed by atoms with Crippen LogP contribution < -0.4 is 10.5 Å². The minimum absolute atomic E-state index is 0.0149. The average molecular weight is 327 g/mol. The number of nitrogens with zero attached hydrogens (tertiary/aromatic N) is 2. The predicted molar refractivity (Wildman–Crippen MR) is 76.0 cm³/mol. The summed E-state index contributed by atoms with van der Waals surface area (Å²) in [6.45, 7) is 0.216. The molecule has 3 N–H and O–H groups in total. The Hall–Kier alpha value is -2.03. The number of amides is 1. The van der Waals surface area contributed by atoms with E-state index in [9.17, 15) is 13.2 Å². The van der Waals surface area contributed by atoms with Crippen LogP contribution >= 0.6 is 11.6 Å². The van der Waals surface area contributed by atoms with Crippen LogP contribution in [0.4, 0.5) is 0 Å². The van der Waals surface area contributed by atoms with E-state index in [-0.39, 0.29) is 22.3 Å². The van der Waals surface area contributed by atoms with Gasteiger partial charge in [0.2, 0.25) is 10.0 Å². The van der Waals surface area contributed by atoms with Gasteiger partial charge in [0.1, 0.15) is 10.8 Å². The predicted octanol–water partition coefficient (Wildman–Crippen LogP) is 0.707. The molecule has 0 atom stereocenters. The van der Waals surface area contributed by atoms with Crippen LogP contribution in [0.3, 0.4) is 0 Å². The van der Waals surface area contributed by atoms with Crippen molar-refractivity contribution in [3.05, 3.63) is 53.1 Å². The number of aromatic nitrogens is 2. The fraction of sp³-hybridized carbons (Fsp3) is 0.0833. The van der Waals surface area contributed by atoms with Gasteiger partial charge in [0.05, 0.1) is 17.3 Å². The van der Waals surface area contributed by atoms with Gasteiger partial charge in [0.25, 0.3) is 5.91 Å². The molecule has 2 aromatic rings. The van der Waals surface area contributed by atoms with Crippen molar-refractivity contribution in [2.75, 3.05) is 0 Å². The van der Waals surface area contributed by atoms with Crippen molar-refractivity contribution in [2.45, 2.75) is 11.4 Å². The average Bonchev–Trinajstić information content (AvgIpc) is 2.45. The van der Waals surface area contributed by atoms with Crippen LogP contribution in [0.25, 0.3) is 0 Å². The molecule has 0 aliphatic carbocycles. The Balaban J connectivity index is 2.00. The van der Waals surface area contributed by atoms with Crippen LogP contribution in [-0.4, -0.2) is 24.3 Å². The number of carbonyl (C=O) groups excluding carboxylic acids is 1. The molecule has 0 unspecified atom stereocenters. The summed E-state index contributed by atoms with van der Waals surface area (Å²) in [6.07, 6.45) is 2.54. The summed E-state index contributed by atoms with van der Waals surface area (Å²) < 4.78 is 22.2. The number of nitrogens with two attached hydrogens (primary N) is 1. The van der Waals surface area contributed by atoms with Gasteiger partial charge < -0.3 is 5.32 Å². The summed E-state index contributed by atoms with van der Waals surface area (Å²) in [5.41, 5.74) is 0.859. The molecule has 1 aromatic carbocycles. The zero-order chi connectivity index (χ0) is 15.5. The van der Waals surface area contributed by atoms with Gasteiger partial charge in [0, 0.05) is 6.54 Å². The molecule has 0 spiro atoms. The van der Waals surface area contributed by atoms with E-state index >= 15 is 0 Å². The van der Waals surface area contributed by atoms with Crippen LogP contribution in [0, 0.1) is 0 Å². The smallest absolute Gasteiger partial charge is 0.271 e. The first-order chi connectivity index (χ1) is 9.86. The number of primary sulfonamides is 1. The largest absolute Gasteiger partial charge is 0.347 e. The molecule has 0 aliphatic heterocycles. The minimum atomic E-state index is -3.72. The molecule has 0 saturated heterocycles. The molecule has 0 radical (unpaired) electrons. The highest BCUT2D eigenvalue weighted by atomic mass is 35.5. The van der Waals surface area contributed by atoms with Crippen LogP contribution in [0.2, 0.25) is 5.15 Å². The number of sulfonamides is 1. The number of nitrogens with one attached hydrogen (secondary N) is 1. The lowest BCUT2D eigenvalue weighted by Gasteiger charge is -2.05. The lowest BCUT2D eigenvalue weighted by molar-refractivity contribution is 0.0945. The van der Waals surface area contributed by atoms with Crippen LogP contribution in [-0.2, 0) is 16.6 Å². The standard InChI is InChI=1S/C12H11ClN4O3S/c13-11-7-15-10(6-16-11)12(18)17-5-8-1-3-9(4-2-8)21(14,19)20/h1-4,6-7H,5H2,(H,17,18)(H2,14,19,20). The molecular weight excluding hydrogens is 316 g/mol. The zero-order valence-electron chi connectivity index (χ0n) is 10.7. The van der Waals surface area contributed by atoms with E-state index in [4.69, 9.17) is 16.7 Å². The molecular formula is C12H11ClN4O3S. The second-order valence-corrected chi connectivity index (χ2v) is 6.04. The van der Waals surface area contributed by atoms with Crippen LogP contribution in [0.5, 0.6) is 0 Å². The van der Waals surface area contributed by atoms with Crippen molar-refractivity contribution < 1.29 is 13.2 Å². The summed E-state index contributed by atoms with van der Waals surface area (Å²) in [6, 6.07) is 5.87. The molecule has 1 heterocycles. The molecule has 2 rings (SSSR count). The first-order valence-corrected chi connectivity index (χ1v) is 7.66. The maximum absolute atomic E-state index is 11.8. The Labute approximate surface area is 126 Å². The highest BCUT2D eigenvalue weighted by Crippen LogP contribution is 2.09. The molecule has 7 nitrogen and oxygen atoms in total. The monoisotopic (exact) mass is 326 g/mol. The summed E-state index contributed by atoms with van der Waals surface area (Å²) in [7, 11) is -3.72. The van der Waals surface area contributed by atoms with Crippen molar-refractivity contribution >= 4 is 27.5 Å². The topological polar surface area (TPSA) is 115 Å². The molecule has 0 bridgehead atoms. The second-order valence-electron chi connectivity index (χ2n) is 4.10. The fourth-order valence-electron chi connectivity index (χ4n) is 1.50. The molecule has 0 fully saturated rings. The SMILES string of the molecule is NS(=O)(=O)c1ccc(CNC(=O)c2cnc(Cl)cn2)cc1. The summed E-state index contributed by atoms with van der Waals surface area (Å²) >= 11 is 5.58. The van der Waals surface area contributed by atoms with E-state index in [1.165, 1.54) is 24.5 Å². The third-order valence-electron chi connectivity index (χ3n) is 2.56. The van der Waals surface area contributed by atoms with Crippen LogP contribution in [0.15, 0.2) is 41.6 Å². The highest BCUT2D eigenvalue weighted by molar-refractivity contribution is 7.89. The Bertz CT molecular complexity index is 745. The Kier molecular flexibility index (Phi) is 4.51. The van der Waals surface area contributed by atoms with E-state index in [0.29, 0.717) is 0 Å². The van der Waals surface area contributed by atoms with Crippen molar-refractivity contribution in [3.8, 4) is 0 Å². The van der Waals surface area contributed by atoms with E-state index < -0.39 is 15.9 Å². The number of benzene rings is 1. The van der Waals surface area contributed by atoms with Crippen molar-refractivity contribution in [2.24, 2.45) is 5.14 Å². The third kappa shape index (κ3) is 4.22. The number of hydrogen-bond acceptors (Lipinski definition) is 5. The lowest BCUT2D eigenvalue weighted by Crippen LogP contribution is -2.24. The first kappa shape index (κ1) is 15.4. The molecule has 110 valence electrons. The molecule has 9 heteroatoms. The maximum Gasteiger partial charge on any atom is 0.271 e. The number of hydrogen-bond donors (Lipinski definition) is 2. The number of rotatable bonds is 4.